The van der Waals surface area contributed by atoms with Crippen LogP contribution in [-0.2, 0) is 13.6 Å². The monoisotopic (exact) mass is 236 g/mol. The number of hydrogen-bond donors (Lipinski definition) is 0. The fourth-order valence-corrected chi connectivity index (χ4v) is 4.28. The molecule has 5 heteroatoms. The molecule has 0 radical (unpaired) electrons. The summed E-state index contributed by atoms with van der Waals surface area (Å²) in [4.78, 5) is 0. The average molecular weight is 236 g/mol. The van der Waals surface area contributed by atoms with Crippen LogP contribution in [0.1, 0.15) is 13.8 Å². The SMILES string of the molecule is CCOP(=O)(/C=C/[Si](C)(C)C)OCC. The highest BCUT2D eigenvalue weighted by atomic mass is 31.2. The second-order valence-corrected chi connectivity index (χ2v) is 11.0. The minimum Gasteiger partial charge on any atom is -0.306 e. The molecular formula is C9H21O3PSi. The van der Waals surface area contributed by atoms with Gasteiger partial charge in [0.1, 0.15) is 0 Å². The molecule has 0 aliphatic carbocycles. The van der Waals surface area contributed by atoms with Crippen LogP contribution in [0.3, 0.4) is 0 Å². The molecule has 0 saturated carbocycles. The lowest BCUT2D eigenvalue weighted by atomic mass is 10.9. The Morgan fingerprint density at radius 1 is 1.14 bits per heavy atom. The van der Waals surface area contributed by atoms with Crippen LogP contribution < -0.4 is 0 Å². The third-order valence-corrected chi connectivity index (χ3v) is 4.57. The Balaban J connectivity index is 4.52. The van der Waals surface area contributed by atoms with Gasteiger partial charge in [0.2, 0.25) is 0 Å². The van der Waals surface area contributed by atoms with E-state index >= 15 is 0 Å². The summed E-state index contributed by atoms with van der Waals surface area (Å²) in [7, 11) is -4.30. The molecular weight excluding hydrogens is 215 g/mol. The lowest BCUT2D eigenvalue weighted by Crippen LogP contribution is -2.15. The minimum atomic E-state index is -2.96. The highest BCUT2D eigenvalue weighted by molar-refractivity contribution is 7.57. The summed E-state index contributed by atoms with van der Waals surface area (Å²) in [5.41, 5.74) is 2.00. The van der Waals surface area contributed by atoms with Crippen molar-refractivity contribution < 1.29 is 13.6 Å². The topological polar surface area (TPSA) is 35.5 Å². The predicted octanol–water partition coefficient (Wildman–Crippen LogP) is 3.64. The molecule has 0 fully saturated rings. The zero-order chi connectivity index (χ0) is 11.2. The summed E-state index contributed by atoms with van der Waals surface area (Å²) in [5.74, 6) is 1.62. The van der Waals surface area contributed by atoms with Crippen molar-refractivity contribution in [2.24, 2.45) is 0 Å². The summed E-state index contributed by atoms with van der Waals surface area (Å²) >= 11 is 0. The summed E-state index contributed by atoms with van der Waals surface area (Å²) in [5, 5.41) is 0. The zero-order valence-electron chi connectivity index (χ0n) is 9.74. The Hall–Kier alpha value is 0.107. The van der Waals surface area contributed by atoms with Crippen molar-refractivity contribution in [1.29, 1.82) is 0 Å². The molecule has 0 aromatic carbocycles. The normalized spacial score (nSPS) is 13.8. The molecule has 14 heavy (non-hydrogen) atoms. The maximum Gasteiger partial charge on any atom is 0.353 e. The van der Waals surface area contributed by atoms with Crippen molar-refractivity contribution in [1.82, 2.24) is 0 Å². The molecule has 0 heterocycles. The van der Waals surface area contributed by atoms with Crippen LogP contribution in [0.5, 0.6) is 0 Å². The van der Waals surface area contributed by atoms with Crippen molar-refractivity contribution in [2.45, 2.75) is 33.5 Å². The average Bonchev–Trinajstić information content (AvgIpc) is 2.01. The van der Waals surface area contributed by atoms with Gasteiger partial charge >= 0.3 is 7.60 Å². The van der Waals surface area contributed by atoms with Gasteiger partial charge < -0.3 is 9.05 Å². The Labute approximate surface area is 88.0 Å². The van der Waals surface area contributed by atoms with Crippen molar-refractivity contribution in [3.05, 3.63) is 11.5 Å². The van der Waals surface area contributed by atoms with E-state index in [1.807, 2.05) is 19.5 Å². The van der Waals surface area contributed by atoms with Crippen molar-refractivity contribution >= 4 is 15.7 Å². The quantitative estimate of drug-likeness (QED) is 0.521. The van der Waals surface area contributed by atoms with Gasteiger partial charge in [0.05, 0.1) is 21.3 Å². The van der Waals surface area contributed by atoms with Gasteiger partial charge in [0.15, 0.2) is 0 Å². The molecule has 0 rings (SSSR count). The molecule has 0 bridgehead atoms. The molecule has 3 nitrogen and oxygen atoms in total. The molecule has 0 aliphatic rings. The van der Waals surface area contributed by atoms with Gasteiger partial charge in [-0.15, -0.1) is 0 Å². The van der Waals surface area contributed by atoms with Gasteiger partial charge in [-0.3, -0.25) is 4.57 Å². The van der Waals surface area contributed by atoms with E-state index in [1.54, 1.807) is 5.82 Å². The predicted molar refractivity (Wildman–Crippen MR) is 63.3 cm³/mol. The third-order valence-electron chi connectivity index (χ3n) is 1.38. The molecule has 0 spiro atoms. The molecule has 0 aromatic heterocycles. The molecule has 0 N–H and O–H groups in total. The maximum absolute atomic E-state index is 12.0. The Morgan fingerprint density at radius 2 is 1.57 bits per heavy atom. The van der Waals surface area contributed by atoms with Crippen LogP contribution in [0.4, 0.5) is 0 Å². The number of rotatable bonds is 6. The largest absolute Gasteiger partial charge is 0.353 e. The van der Waals surface area contributed by atoms with Crippen LogP contribution in [0.15, 0.2) is 11.5 Å². The molecule has 0 aromatic rings. The third kappa shape index (κ3) is 6.54. The highest BCUT2D eigenvalue weighted by Crippen LogP contribution is 2.49. The second-order valence-electron chi connectivity index (χ2n) is 4.06. The van der Waals surface area contributed by atoms with Crippen LogP contribution in [-0.4, -0.2) is 21.3 Å². The van der Waals surface area contributed by atoms with Gasteiger partial charge in [-0.25, -0.2) is 0 Å². The maximum atomic E-state index is 12.0. The fraction of sp³-hybridized carbons (Fsp3) is 0.778. The molecule has 84 valence electrons. The van der Waals surface area contributed by atoms with Gasteiger partial charge in [0.25, 0.3) is 0 Å². The van der Waals surface area contributed by atoms with Gasteiger partial charge in [0, 0.05) is 5.82 Å². The molecule has 0 unspecified atom stereocenters. The van der Waals surface area contributed by atoms with E-state index in [0.29, 0.717) is 13.2 Å². The zero-order valence-corrected chi connectivity index (χ0v) is 11.6. The Bertz CT molecular complexity index is 223. The first-order valence-corrected chi connectivity index (χ1v) is 10.1. The van der Waals surface area contributed by atoms with E-state index in [4.69, 9.17) is 9.05 Å². The summed E-state index contributed by atoms with van der Waals surface area (Å²) in [6.45, 7) is 11.0. The van der Waals surface area contributed by atoms with Crippen LogP contribution in [0.2, 0.25) is 19.6 Å². The van der Waals surface area contributed by atoms with E-state index in [-0.39, 0.29) is 0 Å². The molecule has 0 amide bonds. The summed E-state index contributed by atoms with van der Waals surface area (Å²) < 4.78 is 22.2. The summed E-state index contributed by atoms with van der Waals surface area (Å²) in [6.07, 6.45) is 0. The smallest absolute Gasteiger partial charge is 0.306 e. The first-order chi connectivity index (χ1) is 6.33. The van der Waals surface area contributed by atoms with E-state index < -0.39 is 15.7 Å². The van der Waals surface area contributed by atoms with Crippen LogP contribution in [0, 0.1) is 0 Å². The van der Waals surface area contributed by atoms with E-state index in [9.17, 15) is 4.57 Å². The Morgan fingerprint density at radius 3 is 1.86 bits per heavy atom. The summed E-state index contributed by atoms with van der Waals surface area (Å²) in [6, 6.07) is 0. The van der Waals surface area contributed by atoms with Crippen molar-refractivity contribution in [2.75, 3.05) is 13.2 Å². The molecule has 0 atom stereocenters. The van der Waals surface area contributed by atoms with Gasteiger partial charge in [-0.1, -0.05) is 25.3 Å². The standard InChI is InChI=1S/C9H21O3PSi/c1-6-11-13(10,12-7-2)8-9-14(3,4)5/h8-9H,6-7H2,1-5H3/b9-8+. The Kier molecular flexibility index (Phi) is 5.90. The lowest BCUT2D eigenvalue weighted by molar-refractivity contribution is 0.229. The first kappa shape index (κ1) is 14.1. The molecule has 0 saturated heterocycles. The highest BCUT2D eigenvalue weighted by Gasteiger charge is 2.20. The van der Waals surface area contributed by atoms with Crippen molar-refractivity contribution in [3.63, 3.8) is 0 Å². The minimum absolute atomic E-state index is 0.410. The van der Waals surface area contributed by atoms with E-state index in [0.717, 1.165) is 0 Å². The van der Waals surface area contributed by atoms with Crippen molar-refractivity contribution in [3.8, 4) is 0 Å². The van der Waals surface area contributed by atoms with Crippen LogP contribution >= 0.6 is 7.60 Å². The fourth-order valence-electron chi connectivity index (χ4n) is 0.798. The van der Waals surface area contributed by atoms with Gasteiger partial charge in [-0.05, 0) is 13.8 Å². The van der Waals surface area contributed by atoms with E-state index in [1.165, 1.54) is 0 Å². The lowest BCUT2D eigenvalue weighted by Gasteiger charge is -2.15. The second kappa shape index (κ2) is 5.86. The first-order valence-electron chi connectivity index (χ1n) is 4.92. The number of hydrogen-bond acceptors (Lipinski definition) is 3. The van der Waals surface area contributed by atoms with Gasteiger partial charge in [-0.2, -0.15) is 0 Å². The van der Waals surface area contributed by atoms with E-state index in [2.05, 4.69) is 19.6 Å². The van der Waals surface area contributed by atoms with Crippen LogP contribution in [0.25, 0.3) is 0 Å². The molecule has 0 aliphatic heterocycles.